The highest BCUT2D eigenvalue weighted by atomic mass is 32.2. The number of ether oxygens (including phenoxy) is 2. The number of hydrogen-bond acceptors (Lipinski definition) is 5. The molecule has 1 atom stereocenters. The van der Waals surface area contributed by atoms with Crippen LogP contribution in [0.2, 0.25) is 0 Å². The minimum Gasteiger partial charge on any atom is -0.497 e. The van der Waals surface area contributed by atoms with Crippen LogP contribution in [0.25, 0.3) is 0 Å². The summed E-state index contributed by atoms with van der Waals surface area (Å²) in [6, 6.07) is 5.88. The van der Waals surface area contributed by atoms with E-state index in [0.717, 1.165) is 17.1 Å². The molecule has 22 heavy (non-hydrogen) atoms. The zero-order valence-electron chi connectivity index (χ0n) is 12.6. The molecule has 0 radical (unpaired) electrons. The van der Waals surface area contributed by atoms with Crippen molar-refractivity contribution in [1.29, 1.82) is 0 Å². The van der Waals surface area contributed by atoms with Gasteiger partial charge in [0, 0.05) is 12.7 Å². The Labute approximate surface area is 130 Å². The van der Waals surface area contributed by atoms with Gasteiger partial charge in [-0.1, -0.05) is 13.3 Å². The second-order valence-corrected chi connectivity index (χ2v) is 6.60. The van der Waals surface area contributed by atoms with Crippen LogP contribution >= 0.6 is 0 Å². The van der Waals surface area contributed by atoms with Gasteiger partial charge in [-0.2, -0.15) is 0 Å². The van der Waals surface area contributed by atoms with Gasteiger partial charge in [-0.3, -0.25) is 4.79 Å². The molecule has 1 aliphatic rings. The molecule has 2 rings (SSSR count). The first-order chi connectivity index (χ1) is 10.5. The number of nitrogens with zero attached hydrogens (tertiary/aromatic N) is 1. The molecule has 7 heteroatoms. The highest BCUT2D eigenvalue weighted by Gasteiger charge is 2.37. The lowest BCUT2D eigenvalue weighted by atomic mass is 10.3. The minimum absolute atomic E-state index is 0.0226. The summed E-state index contributed by atoms with van der Waals surface area (Å²) in [6.45, 7) is 2.40. The van der Waals surface area contributed by atoms with Crippen LogP contribution in [-0.2, 0) is 19.6 Å². The van der Waals surface area contributed by atoms with E-state index in [1.54, 1.807) is 0 Å². The zero-order chi connectivity index (χ0) is 16.2. The Morgan fingerprint density at radius 1 is 1.23 bits per heavy atom. The van der Waals surface area contributed by atoms with Crippen molar-refractivity contribution in [2.45, 2.75) is 30.9 Å². The van der Waals surface area contributed by atoms with Crippen LogP contribution in [0.3, 0.4) is 0 Å². The van der Waals surface area contributed by atoms with E-state index in [-0.39, 0.29) is 4.90 Å². The van der Waals surface area contributed by atoms with Crippen LogP contribution in [0.4, 0.5) is 0 Å². The number of amides is 1. The SMILES string of the molecule is CCCCOC1C=CC(=O)N1S(=O)(=O)c1ccc(OC)cc1. The summed E-state index contributed by atoms with van der Waals surface area (Å²) < 4.78 is 36.5. The number of hydrogen-bond donors (Lipinski definition) is 0. The molecule has 0 aromatic heterocycles. The Kier molecular flexibility index (Phi) is 5.20. The van der Waals surface area contributed by atoms with Gasteiger partial charge in [0.2, 0.25) is 0 Å². The third-order valence-electron chi connectivity index (χ3n) is 3.25. The maximum absolute atomic E-state index is 12.6. The average Bonchev–Trinajstić information content (AvgIpc) is 2.89. The van der Waals surface area contributed by atoms with Crippen LogP contribution in [0.1, 0.15) is 19.8 Å². The number of benzene rings is 1. The maximum atomic E-state index is 12.6. The van der Waals surface area contributed by atoms with E-state index in [1.807, 2.05) is 6.92 Å². The number of unbranched alkanes of at least 4 members (excludes halogenated alkanes) is 1. The molecule has 0 N–H and O–H groups in total. The zero-order valence-corrected chi connectivity index (χ0v) is 13.4. The number of methoxy groups -OCH3 is 1. The van der Waals surface area contributed by atoms with Gasteiger partial charge in [-0.05, 0) is 36.8 Å². The fourth-order valence-electron chi connectivity index (χ4n) is 2.03. The van der Waals surface area contributed by atoms with Crippen molar-refractivity contribution in [2.24, 2.45) is 0 Å². The third kappa shape index (κ3) is 3.31. The monoisotopic (exact) mass is 325 g/mol. The summed E-state index contributed by atoms with van der Waals surface area (Å²) in [5.41, 5.74) is 0. The normalized spacial score (nSPS) is 18.0. The first-order valence-electron chi connectivity index (χ1n) is 7.03. The lowest BCUT2D eigenvalue weighted by Crippen LogP contribution is -2.40. The van der Waals surface area contributed by atoms with Gasteiger partial charge in [0.1, 0.15) is 5.75 Å². The fourth-order valence-corrected chi connectivity index (χ4v) is 3.44. The first-order valence-corrected chi connectivity index (χ1v) is 8.47. The summed E-state index contributed by atoms with van der Waals surface area (Å²) in [7, 11) is -2.46. The highest BCUT2D eigenvalue weighted by Crippen LogP contribution is 2.25. The molecule has 0 saturated heterocycles. The van der Waals surface area contributed by atoms with Crippen molar-refractivity contribution in [3.8, 4) is 5.75 Å². The highest BCUT2D eigenvalue weighted by molar-refractivity contribution is 7.89. The molecular formula is C15H19NO5S. The van der Waals surface area contributed by atoms with Gasteiger partial charge < -0.3 is 9.47 Å². The first kappa shape index (κ1) is 16.5. The molecule has 1 unspecified atom stereocenters. The summed E-state index contributed by atoms with van der Waals surface area (Å²) in [5.74, 6) is -0.0575. The van der Waals surface area contributed by atoms with Crippen LogP contribution < -0.4 is 4.74 Å². The van der Waals surface area contributed by atoms with Crippen molar-refractivity contribution < 1.29 is 22.7 Å². The van der Waals surface area contributed by atoms with Crippen molar-refractivity contribution in [3.05, 3.63) is 36.4 Å². The molecule has 6 nitrogen and oxygen atoms in total. The van der Waals surface area contributed by atoms with Gasteiger partial charge in [-0.15, -0.1) is 0 Å². The summed E-state index contributed by atoms with van der Waals surface area (Å²) >= 11 is 0. The van der Waals surface area contributed by atoms with Crippen LogP contribution in [0, 0.1) is 0 Å². The molecule has 1 amide bonds. The van der Waals surface area contributed by atoms with E-state index in [1.165, 1.54) is 43.5 Å². The third-order valence-corrected chi connectivity index (χ3v) is 5.03. The van der Waals surface area contributed by atoms with Gasteiger partial charge in [0.05, 0.1) is 12.0 Å². The van der Waals surface area contributed by atoms with Crippen molar-refractivity contribution in [1.82, 2.24) is 4.31 Å². The maximum Gasteiger partial charge on any atom is 0.269 e. The van der Waals surface area contributed by atoms with Crippen molar-refractivity contribution in [2.75, 3.05) is 13.7 Å². The predicted octanol–water partition coefficient (Wildman–Crippen LogP) is 1.93. The molecule has 0 bridgehead atoms. The van der Waals surface area contributed by atoms with Gasteiger partial charge >= 0.3 is 0 Å². The number of carbonyl (C=O) groups is 1. The van der Waals surface area contributed by atoms with E-state index in [4.69, 9.17) is 9.47 Å². The lowest BCUT2D eigenvalue weighted by molar-refractivity contribution is -0.126. The van der Waals surface area contributed by atoms with E-state index >= 15 is 0 Å². The Balaban J connectivity index is 2.23. The fraction of sp³-hybridized carbons (Fsp3) is 0.400. The van der Waals surface area contributed by atoms with Gasteiger partial charge in [0.15, 0.2) is 6.23 Å². The molecule has 0 fully saturated rings. The Morgan fingerprint density at radius 3 is 2.50 bits per heavy atom. The number of rotatable bonds is 7. The second kappa shape index (κ2) is 6.93. The smallest absolute Gasteiger partial charge is 0.269 e. The Hall–Kier alpha value is -1.86. The quantitative estimate of drug-likeness (QED) is 0.716. The summed E-state index contributed by atoms with van der Waals surface area (Å²) in [4.78, 5) is 11.9. The molecule has 1 aliphatic heterocycles. The molecule has 0 aliphatic carbocycles. The van der Waals surface area contributed by atoms with Crippen LogP contribution in [0.15, 0.2) is 41.3 Å². The number of carbonyl (C=O) groups excluding carboxylic acids is 1. The lowest BCUT2D eigenvalue weighted by Gasteiger charge is -2.24. The van der Waals surface area contributed by atoms with E-state index in [0.29, 0.717) is 12.4 Å². The molecular weight excluding hydrogens is 306 g/mol. The van der Waals surface area contributed by atoms with E-state index in [2.05, 4.69) is 0 Å². The van der Waals surface area contributed by atoms with Crippen molar-refractivity contribution in [3.63, 3.8) is 0 Å². The molecule has 0 saturated carbocycles. The molecule has 0 spiro atoms. The summed E-state index contributed by atoms with van der Waals surface area (Å²) in [5, 5.41) is 0. The van der Waals surface area contributed by atoms with Crippen LogP contribution in [0.5, 0.6) is 5.75 Å². The molecule has 1 aromatic rings. The summed E-state index contributed by atoms with van der Waals surface area (Å²) in [6.07, 6.45) is 3.52. The Bertz CT molecular complexity index is 651. The number of sulfonamides is 1. The Morgan fingerprint density at radius 2 is 1.91 bits per heavy atom. The topological polar surface area (TPSA) is 72.9 Å². The molecule has 1 aromatic carbocycles. The minimum atomic E-state index is -3.96. The van der Waals surface area contributed by atoms with E-state index < -0.39 is 22.2 Å². The molecule has 120 valence electrons. The van der Waals surface area contributed by atoms with Gasteiger partial charge in [-0.25, -0.2) is 12.7 Å². The largest absolute Gasteiger partial charge is 0.497 e. The van der Waals surface area contributed by atoms with Crippen LogP contribution in [-0.4, -0.2) is 38.6 Å². The molecule has 1 heterocycles. The standard InChI is InChI=1S/C15H19NO5S/c1-3-4-11-21-15-10-9-14(17)16(15)22(18,19)13-7-5-12(20-2)6-8-13/h5-10,15H,3-4,11H2,1-2H3. The second-order valence-electron chi connectivity index (χ2n) is 4.79. The van der Waals surface area contributed by atoms with E-state index in [9.17, 15) is 13.2 Å². The van der Waals surface area contributed by atoms with Gasteiger partial charge in [0.25, 0.3) is 15.9 Å². The average molecular weight is 325 g/mol. The predicted molar refractivity (Wildman–Crippen MR) is 80.8 cm³/mol. The van der Waals surface area contributed by atoms with Crippen molar-refractivity contribution >= 4 is 15.9 Å².